The molecule has 0 saturated heterocycles. The summed E-state index contributed by atoms with van der Waals surface area (Å²) < 4.78 is 36.8. The lowest BCUT2D eigenvalue weighted by Crippen LogP contribution is -2.10. The Morgan fingerprint density at radius 2 is 1.97 bits per heavy atom. The lowest BCUT2D eigenvalue weighted by molar-refractivity contribution is 0.0986. The first-order chi connectivity index (χ1) is 15.0. The van der Waals surface area contributed by atoms with Crippen LogP contribution in [0.15, 0.2) is 48.9 Å². The highest BCUT2D eigenvalue weighted by atomic mass is 19.1. The number of carbonyl (C=O) groups is 1. The van der Waals surface area contributed by atoms with Crippen LogP contribution in [-0.4, -0.2) is 31.5 Å². The van der Waals surface area contributed by atoms with Crippen molar-refractivity contribution in [1.82, 2.24) is 19.2 Å². The van der Waals surface area contributed by atoms with Gasteiger partial charge in [-0.25, -0.2) is 13.8 Å². The molecule has 2 N–H and O–H groups in total. The van der Waals surface area contributed by atoms with Gasteiger partial charge in [-0.05, 0) is 36.8 Å². The van der Waals surface area contributed by atoms with Crippen molar-refractivity contribution in [2.24, 2.45) is 5.73 Å². The summed E-state index contributed by atoms with van der Waals surface area (Å²) >= 11 is 0. The van der Waals surface area contributed by atoms with Crippen LogP contribution in [0, 0.1) is 18.6 Å². The van der Waals surface area contributed by atoms with Crippen molar-refractivity contribution < 1.29 is 18.3 Å². The molecule has 1 aromatic carbocycles. The molecule has 0 unspecified atom stereocenters. The topological polar surface area (TPSA) is 87.4 Å². The van der Waals surface area contributed by atoms with E-state index in [-0.39, 0.29) is 24.4 Å². The zero-order valence-electron chi connectivity index (χ0n) is 16.9. The van der Waals surface area contributed by atoms with Gasteiger partial charge in [-0.1, -0.05) is 6.07 Å². The Bertz CT molecular complexity index is 1230. The Morgan fingerprint density at radius 3 is 2.71 bits per heavy atom. The number of ether oxygens (including phenoxy) is 1. The summed E-state index contributed by atoms with van der Waals surface area (Å²) in [4.78, 5) is 17.5. The molecular formula is C22H21F2N5O2. The molecule has 0 amide bonds. The number of nitrogens with zero attached hydrogens (tertiary/aromatic N) is 4. The second-order valence-corrected chi connectivity index (χ2v) is 7.10. The average molecular weight is 425 g/mol. The minimum atomic E-state index is -0.683. The standard InChI is InChI=1S/C22H21F2N5O2/c1-14-21(19(30)10-15-11-26-28(12-15)9-7-25)29-8-3-6-20(22(29)27-14)31-13-16-17(23)4-2-5-18(16)24/h2-6,8,11-12H,7,9-10,13,25H2,1H3. The first-order valence-corrected chi connectivity index (χ1v) is 9.76. The minimum absolute atomic E-state index is 0.130. The van der Waals surface area contributed by atoms with Gasteiger partial charge in [0.2, 0.25) is 0 Å². The monoisotopic (exact) mass is 425 g/mol. The number of fused-ring (bicyclic) bond motifs is 1. The number of nitrogens with two attached hydrogens (primary N) is 1. The molecule has 0 aliphatic rings. The zero-order chi connectivity index (χ0) is 22.0. The van der Waals surface area contributed by atoms with Crippen LogP contribution >= 0.6 is 0 Å². The van der Waals surface area contributed by atoms with Crippen LogP contribution in [-0.2, 0) is 19.6 Å². The molecule has 0 aliphatic carbocycles. The summed E-state index contributed by atoms with van der Waals surface area (Å²) in [7, 11) is 0. The number of hydrogen-bond acceptors (Lipinski definition) is 5. The number of aromatic nitrogens is 4. The van der Waals surface area contributed by atoms with Crippen molar-refractivity contribution in [2.75, 3.05) is 6.54 Å². The number of ketones is 1. The zero-order valence-corrected chi connectivity index (χ0v) is 16.9. The summed E-state index contributed by atoms with van der Waals surface area (Å²) in [6.45, 7) is 2.47. The number of Topliss-reactive ketones (excluding diaryl/α,β-unsaturated/α-hetero) is 1. The van der Waals surface area contributed by atoms with E-state index in [0.717, 1.165) is 5.56 Å². The fraction of sp³-hybridized carbons (Fsp3) is 0.227. The normalized spacial score (nSPS) is 11.2. The van der Waals surface area contributed by atoms with Gasteiger partial charge >= 0.3 is 0 Å². The highest BCUT2D eigenvalue weighted by Gasteiger charge is 2.20. The molecule has 4 rings (SSSR count). The minimum Gasteiger partial charge on any atom is -0.485 e. The maximum atomic E-state index is 13.9. The van der Waals surface area contributed by atoms with Crippen molar-refractivity contribution in [3.63, 3.8) is 0 Å². The highest BCUT2D eigenvalue weighted by Crippen LogP contribution is 2.25. The van der Waals surface area contributed by atoms with Gasteiger partial charge in [0.15, 0.2) is 17.2 Å². The predicted octanol–water partition coefficient (Wildman–Crippen LogP) is 3.08. The Morgan fingerprint density at radius 1 is 1.19 bits per heavy atom. The smallest absolute Gasteiger partial charge is 0.185 e. The summed E-state index contributed by atoms with van der Waals surface area (Å²) in [5.41, 5.74) is 7.49. The number of aryl methyl sites for hydroxylation is 1. The molecule has 0 spiro atoms. The first kappa shape index (κ1) is 20.7. The van der Waals surface area contributed by atoms with Crippen LogP contribution in [0.5, 0.6) is 5.75 Å². The Labute approximate surface area is 177 Å². The van der Waals surface area contributed by atoms with Gasteiger partial charge in [-0.3, -0.25) is 13.9 Å². The number of rotatable bonds is 8. The van der Waals surface area contributed by atoms with Crippen molar-refractivity contribution in [3.8, 4) is 5.75 Å². The number of imidazole rings is 1. The fourth-order valence-electron chi connectivity index (χ4n) is 3.45. The van der Waals surface area contributed by atoms with E-state index in [1.807, 2.05) is 0 Å². The molecule has 0 bridgehead atoms. The number of carbonyl (C=O) groups excluding carboxylic acids is 1. The predicted molar refractivity (Wildman–Crippen MR) is 110 cm³/mol. The van der Waals surface area contributed by atoms with Gasteiger partial charge in [0.05, 0.1) is 24.0 Å². The average Bonchev–Trinajstić information content (AvgIpc) is 3.31. The Hall–Kier alpha value is -3.59. The van der Waals surface area contributed by atoms with Crippen LogP contribution in [0.1, 0.15) is 27.3 Å². The van der Waals surface area contributed by atoms with E-state index in [4.69, 9.17) is 10.5 Å². The lowest BCUT2D eigenvalue weighted by atomic mass is 10.1. The molecule has 3 heterocycles. The van der Waals surface area contributed by atoms with Gasteiger partial charge in [0.25, 0.3) is 0 Å². The van der Waals surface area contributed by atoms with Crippen molar-refractivity contribution in [2.45, 2.75) is 26.5 Å². The third-order valence-electron chi connectivity index (χ3n) is 4.90. The molecule has 3 aromatic heterocycles. The van der Waals surface area contributed by atoms with E-state index in [1.165, 1.54) is 18.2 Å². The van der Waals surface area contributed by atoms with Gasteiger partial charge in [0, 0.05) is 25.4 Å². The summed E-state index contributed by atoms with van der Waals surface area (Å²) in [6, 6.07) is 6.98. The maximum Gasteiger partial charge on any atom is 0.185 e. The van der Waals surface area contributed by atoms with E-state index in [2.05, 4.69) is 10.1 Å². The Kier molecular flexibility index (Phi) is 5.77. The maximum absolute atomic E-state index is 13.9. The Balaban J connectivity index is 1.59. The second kappa shape index (κ2) is 8.65. The molecule has 7 nitrogen and oxygen atoms in total. The summed E-state index contributed by atoms with van der Waals surface area (Å²) in [5, 5.41) is 4.19. The number of hydrogen-bond donors (Lipinski definition) is 1. The molecule has 4 aromatic rings. The van der Waals surface area contributed by atoms with Gasteiger partial charge in [-0.15, -0.1) is 0 Å². The van der Waals surface area contributed by atoms with Crippen LogP contribution in [0.3, 0.4) is 0 Å². The van der Waals surface area contributed by atoms with Gasteiger partial charge < -0.3 is 10.5 Å². The molecule has 0 radical (unpaired) electrons. The van der Waals surface area contributed by atoms with Crippen molar-refractivity contribution >= 4 is 11.4 Å². The summed E-state index contributed by atoms with van der Waals surface area (Å²) in [6.07, 6.45) is 5.30. The third kappa shape index (κ3) is 4.17. The fourth-order valence-corrected chi connectivity index (χ4v) is 3.45. The molecule has 31 heavy (non-hydrogen) atoms. The third-order valence-corrected chi connectivity index (χ3v) is 4.90. The second-order valence-electron chi connectivity index (χ2n) is 7.10. The molecule has 9 heteroatoms. The van der Waals surface area contributed by atoms with E-state index >= 15 is 0 Å². The van der Waals surface area contributed by atoms with Crippen LogP contribution in [0.25, 0.3) is 5.65 Å². The van der Waals surface area contributed by atoms with Crippen LogP contribution < -0.4 is 10.5 Å². The molecule has 160 valence electrons. The summed E-state index contributed by atoms with van der Waals surface area (Å²) in [5.74, 6) is -1.17. The molecule has 0 saturated carbocycles. The van der Waals surface area contributed by atoms with Crippen molar-refractivity contribution in [3.05, 3.63) is 83.1 Å². The van der Waals surface area contributed by atoms with Crippen LogP contribution in [0.4, 0.5) is 8.78 Å². The van der Waals surface area contributed by atoms with Crippen LogP contribution in [0.2, 0.25) is 0 Å². The van der Waals surface area contributed by atoms with E-state index in [0.29, 0.717) is 35.9 Å². The van der Waals surface area contributed by atoms with Gasteiger partial charge in [0.1, 0.15) is 23.9 Å². The molecule has 0 fully saturated rings. The number of pyridine rings is 1. The van der Waals surface area contributed by atoms with Gasteiger partial charge in [-0.2, -0.15) is 5.10 Å². The number of benzene rings is 1. The van der Waals surface area contributed by atoms with E-state index in [1.54, 1.807) is 46.7 Å². The highest BCUT2D eigenvalue weighted by molar-refractivity contribution is 5.98. The molecule has 0 aliphatic heterocycles. The quantitative estimate of drug-likeness (QED) is 0.439. The van der Waals surface area contributed by atoms with Crippen molar-refractivity contribution in [1.29, 1.82) is 0 Å². The van der Waals surface area contributed by atoms with E-state index < -0.39 is 11.6 Å². The first-order valence-electron chi connectivity index (χ1n) is 9.76. The largest absolute Gasteiger partial charge is 0.485 e. The number of halogens is 2. The lowest BCUT2D eigenvalue weighted by Gasteiger charge is -2.09. The molecular weight excluding hydrogens is 404 g/mol. The van der Waals surface area contributed by atoms with E-state index in [9.17, 15) is 13.6 Å². The SMILES string of the molecule is Cc1nc2c(OCc3c(F)cccc3F)cccn2c1C(=O)Cc1cnn(CCN)c1. The molecule has 0 atom stereocenters.